The second kappa shape index (κ2) is 4.44. The summed E-state index contributed by atoms with van der Waals surface area (Å²) in [4.78, 5) is 14.6. The van der Waals surface area contributed by atoms with Crippen LogP contribution in [0.25, 0.3) is 11.0 Å². The van der Waals surface area contributed by atoms with Crippen LogP contribution in [-0.2, 0) is 16.9 Å². The zero-order valence-electron chi connectivity index (χ0n) is 11.4. The van der Waals surface area contributed by atoms with Crippen molar-refractivity contribution in [1.82, 2.24) is 9.55 Å². The van der Waals surface area contributed by atoms with Crippen molar-refractivity contribution in [2.75, 3.05) is 13.4 Å². The number of aryl methyl sites for hydroxylation is 2. The van der Waals surface area contributed by atoms with Crippen molar-refractivity contribution in [2.45, 2.75) is 11.8 Å². The van der Waals surface area contributed by atoms with Crippen LogP contribution in [0.1, 0.15) is 5.82 Å². The Labute approximate surface area is 115 Å². The summed E-state index contributed by atoms with van der Waals surface area (Å²) in [5, 5.41) is 11.3. The van der Waals surface area contributed by atoms with Crippen LogP contribution < -0.4 is 4.74 Å². The van der Waals surface area contributed by atoms with E-state index >= 15 is 0 Å². The molecule has 1 aromatic carbocycles. The predicted octanol–water partition coefficient (Wildman–Crippen LogP) is 1.20. The van der Waals surface area contributed by atoms with Gasteiger partial charge in [-0.15, -0.1) is 0 Å². The molecule has 0 bridgehead atoms. The lowest BCUT2D eigenvalue weighted by Gasteiger charge is -2.08. The first kappa shape index (κ1) is 14.3. The number of benzene rings is 1. The number of sulfone groups is 1. The first-order chi connectivity index (χ1) is 9.18. The van der Waals surface area contributed by atoms with E-state index in [4.69, 9.17) is 4.74 Å². The van der Waals surface area contributed by atoms with Crippen LogP contribution in [0.3, 0.4) is 0 Å². The standard InChI is InChI=1S/C11H13N3O5S/c1-6-12-7-5-8(20(4,17)18)11(19-3)10(14(15)16)9(7)13(6)2/h5H,1-4H3. The van der Waals surface area contributed by atoms with Crippen molar-refractivity contribution >= 4 is 26.6 Å². The largest absolute Gasteiger partial charge is 0.489 e. The number of nitrogens with zero attached hydrogens (tertiary/aromatic N) is 3. The Kier molecular flexibility index (Phi) is 3.17. The van der Waals surface area contributed by atoms with E-state index in [1.165, 1.54) is 17.7 Å². The highest BCUT2D eigenvalue weighted by molar-refractivity contribution is 7.90. The normalized spacial score (nSPS) is 11.8. The Morgan fingerprint density at radius 3 is 2.50 bits per heavy atom. The molecule has 108 valence electrons. The van der Waals surface area contributed by atoms with Crippen LogP contribution in [0.2, 0.25) is 0 Å². The number of ether oxygens (including phenoxy) is 1. The van der Waals surface area contributed by atoms with Gasteiger partial charge in [0.2, 0.25) is 5.75 Å². The van der Waals surface area contributed by atoms with Gasteiger partial charge >= 0.3 is 5.69 Å². The average Bonchev–Trinajstić information content (AvgIpc) is 2.61. The molecule has 0 aliphatic carbocycles. The Bertz CT molecular complexity index is 822. The Balaban J connectivity index is 3.11. The fourth-order valence-corrected chi connectivity index (χ4v) is 2.92. The van der Waals surface area contributed by atoms with E-state index in [9.17, 15) is 18.5 Å². The maximum Gasteiger partial charge on any atom is 0.337 e. The molecule has 0 amide bonds. The molecular formula is C11H13N3O5S. The number of nitro benzene ring substituents is 1. The first-order valence-corrected chi connectivity index (χ1v) is 7.46. The van der Waals surface area contributed by atoms with Gasteiger partial charge < -0.3 is 9.30 Å². The van der Waals surface area contributed by atoms with E-state index in [2.05, 4.69) is 4.98 Å². The fraction of sp³-hybridized carbons (Fsp3) is 0.364. The molecule has 8 nitrogen and oxygen atoms in total. The van der Waals surface area contributed by atoms with Crippen molar-refractivity contribution in [3.8, 4) is 5.75 Å². The highest BCUT2D eigenvalue weighted by atomic mass is 32.2. The molecule has 1 heterocycles. The van der Waals surface area contributed by atoms with Crippen LogP contribution in [0.5, 0.6) is 5.75 Å². The summed E-state index contributed by atoms with van der Waals surface area (Å²) in [5.41, 5.74) is 0.0863. The number of fused-ring (bicyclic) bond motifs is 1. The molecule has 0 spiro atoms. The third-order valence-corrected chi connectivity index (χ3v) is 4.17. The third-order valence-electron chi connectivity index (χ3n) is 3.06. The summed E-state index contributed by atoms with van der Waals surface area (Å²) in [6.07, 6.45) is 0.968. The first-order valence-electron chi connectivity index (χ1n) is 5.57. The minimum absolute atomic E-state index is 0.233. The van der Waals surface area contributed by atoms with E-state index in [-0.39, 0.29) is 21.7 Å². The molecule has 0 radical (unpaired) electrons. The number of methoxy groups -OCH3 is 1. The number of rotatable bonds is 3. The van der Waals surface area contributed by atoms with Crippen LogP contribution in [0, 0.1) is 17.0 Å². The van der Waals surface area contributed by atoms with Crippen molar-refractivity contribution in [1.29, 1.82) is 0 Å². The van der Waals surface area contributed by atoms with Gasteiger partial charge in [0.15, 0.2) is 15.4 Å². The van der Waals surface area contributed by atoms with E-state index in [1.54, 1.807) is 14.0 Å². The summed E-state index contributed by atoms with van der Waals surface area (Å²) in [6.45, 7) is 1.68. The average molecular weight is 299 g/mol. The minimum Gasteiger partial charge on any atom is -0.489 e. The number of nitro groups is 1. The van der Waals surface area contributed by atoms with Crippen molar-refractivity contribution in [3.63, 3.8) is 0 Å². The fourth-order valence-electron chi connectivity index (χ4n) is 2.07. The minimum atomic E-state index is -3.68. The lowest BCUT2D eigenvalue weighted by Crippen LogP contribution is -2.05. The van der Waals surface area contributed by atoms with E-state index < -0.39 is 20.4 Å². The molecule has 1 aromatic heterocycles. The van der Waals surface area contributed by atoms with E-state index in [0.717, 1.165) is 6.26 Å². The zero-order chi connectivity index (χ0) is 15.2. The molecule has 0 unspecified atom stereocenters. The van der Waals surface area contributed by atoms with Gasteiger partial charge in [-0.1, -0.05) is 0 Å². The molecule has 0 aliphatic rings. The van der Waals surface area contributed by atoms with Gasteiger partial charge in [0, 0.05) is 13.3 Å². The SMILES string of the molecule is COc1c(S(C)(=O)=O)cc2nc(C)n(C)c2c1[N+](=O)[O-]. The monoisotopic (exact) mass is 299 g/mol. The summed E-state index contributed by atoms with van der Waals surface area (Å²) in [7, 11) is -0.853. The maximum absolute atomic E-state index is 11.8. The summed E-state index contributed by atoms with van der Waals surface area (Å²) < 4.78 is 30.1. The number of aromatic nitrogens is 2. The Morgan fingerprint density at radius 2 is 2.05 bits per heavy atom. The predicted molar refractivity (Wildman–Crippen MR) is 71.8 cm³/mol. The Hall–Kier alpha value is -2.16. The highest BCUT2D eigenvalue weighted by Gasteiger charge is 2.31. The van der Waals surface area contributed by atoms with Crippen molar-refractivity contribution in [2.24, 2.45) is 7.05 Å². The van der Waals surface area contributed by atoms with Crippen LogP contribution in [0.4, 0.5) is 5.69 Å². The van der Waals surface area contributed by atoms with E-state index in [1.807, 2.05) is 0 Å². The van der Waals surface area contributed by atoms with Gasteiger partial charge in [-0.05, 0) is 13.0 Å². The Morgan fingerprint density at radius 1 is 1.45 bits per heavy atom. The van der Waals surface area contributed by atoms with Gasteiger partial charge in [0.05, 0.1) is 17.5 Å². The summed E-state index contributed by atoms with van der Waals surface area (Å²) in [6, 6.07) is 1.30. The number of hydrogen-bond acceptors (Lipinski definition) is 6. The van der Waals surface area contributed by atoms with Gasteiger partial charge in [-0.2, -0.15) is 0 Å². The molecule has 0 saturated carbocycles. The topological polar surface area (TPSA) is 104 Å². The quantitative estimate of drug-likeness (QED) is 0.623. The van der Waals surface area contributed by atoms with E-state index in [0.29, 0.717) is 5.82 Å². The number of hydrogen-bond donors (Lipinski definition) is 0. The van der Waals surface area contributed by atoms with Gasteiger partial charge in [0.1, 0.15) is 10.7 Å². The molecule has 0 aliphatic heterocycles. The maximum atomic E-state index is 11.8. The van der Waals surface area contributed by atoms with Gasteiger partial charge in [-0.25, -0.2) is 13.4 Å². The molecule has 0 saturated heterocycles. The van der Waals surface area contributed by atoms with Crippen LogP contribution in [0.15, 0.2) is 11.0 Å². The zero-order valence-corrected chi connectivity index (χ0v) is 12.2. The molecule has 2 aromatic rings. The molecule has 9 heteroatoms. The van der Waals surface area contributed by atoms with Crippen LogP contribution >= 0.6 is 0 Å². The molecule has 0 N–H and O–H groups in total. The second-order valence-corrected chi connectivity index (χ2v) is 6.36. The summed E-state index contributed by atoms with van der Waals surface area (Å²) >= 11 is 0. The number of imidazole rings is 1. The third kappa shape index (κ3) is 1.99. The van der Waals surface area contributed by atoms with Crippen molar-refractivity contribution < 1.29 is 18.1 Å². The highest BCUT2D eigenvalue weighted by Crippen LogP contribution is 2.40. The molecular weight excluding hydrogens is 286 g/mol. The second-order valence-electron chi connectivity index (χ2n) is 4.37. The molecule has 0 fully saturated rings. The van der Waals surface area contributed by atoms with Crippen molar-refractivity contribution in [3.05, 3.63) is 22.0 Å². The lowest BCUT2D eigenvalue weighted by atomic mass is 10.2. The molecule has 20 heavy (non-hydrogen) atoms. The molecule has 0 atom stereocenters. The van der Waals surface area contributed by atoms with Gasteiger partial charge in [-0.3, -0.25) is 10.1 Å². The molecule has 2 rings (SSSR count). The summed E-state index contributed by atoms with van der Waals surface area (Å²) in [5.74, 6) is 0.267. The lowest BCUT2D eigenvalue weighted by molar-refractivity contribution is -0.384. The van der Waals surface area contributed by atoms with Gasteiger partial charge in [0.25, 0.3) is 0 Å². The van der Waals surface area contributed by atoms with Crippen LogP contribution in [-0.4, -0.2) is 36.3 Å². The smallest absolute Gasteiger partial charge is 0.337 e.